The first-order chi connectivity index (χ1) is 17.7. The highest BCUT2D eigenvalue weighted by Gasteiger charge is 2.32. The summed E-state index contributed by atoms with van der Waals surface area (Å²) >= 11 is 1.04. The highest BCUT2D eigenvalue weighted by atomic mass is 32.2. The molecule has 194 valence electrons. The zero-order valence-electron chi connectivity index (χ0n) is 19.2. The van der Waals surface area contributed by atoms with Gasteiger partial charge in [0.1, 0.15) is 24.3 Å². The molecule has 3 aromatic carbocycles. The van der Waals surface area contributed by atoms with Gasteiger partial charge in [0.2, 0.25) is 0 Å². The minimum Gasteiger partial charge on any atom is -0.489 e. The topological polar surface area (TPSA) is 94.1 Å². The predicted octanol–water partition coefficient (Wildman–Crippen LogP) is 5.25. The Bertz CT molecular complexity index is 1210. The van der Waals surface area contributed by atoms with E-state index in [0.29, 0.717) is 23.3 Å². The molecular formula is C26H22F3NO6S. The molecule has 1 fully saturated rings. The lowest BCUT2D eigenvalue weighted by Gasteiger charge is -2.20. The summed E-state index contributed by atoms with van der Waals surface area (Å²) in [6, 6.07) is 20.3. The summed E-state index contributed by atoms with van der Waals surface area (Å²) in [5.74, 6) is -0.547. The zero-order valence-corrected chi connectivity index (χ0v) is 20.0. The molecular weight excluding hydrogens is 511 g/mol. The summed E-state index contributed by atoms with van der Waals surface area (Å²) in [4.78, 5) is 24.1. The van der Waals surface area contributed by atoms with Crippen LogP contribution in [0.2, 0.25) is 0 Å². The molecule has 0 spiro atoms. The first kappa shape index (κ1) is 26.4. The number of thioether (sulfide) groups is 1. The third-order valence-corrected chi connectivity index (χ3v) is 6.44. The van der Waals surface area contributed by atoms with Crippen LogP contribution in [0.1, 0.15) is 27.6 Å². The fraction of sp³-hybridized carbons (Fsp3) is 0.231. The SMILES string of the molecule is O=C1NC(O)C(Cc2ccc(OCC(OC(=O)c3ccccc3)c3ccc(OC(F)(F)F)cc3)cc2)S1. The molecule has 2 N–H and O–H groups in total. The third kappa shape index (κ3) is 7.64. The second-order valence-corrected chi connectivity index (χ2v) is 9.28. The second-order valence-electron chi connectivity index (χ2n) is 8.07. The van der Waals surface area contributed by atoms with E-state index in [4.69, 9.17) is 9.47 Å². The van der Waals surface area contributed by atoms with Crippen LogP contribution in [0.3, 0.4) is 0 Å². The Morgan fingerprint density at radius 3 is 2.22 bits per heavy atom. The number of amides is 1. The van der Waals surface area contributed by atoms with Crippen molar-refractivity contribution in [1.29, 1.82) is 0 Å². The Kier molecular flexibility index (Phi) is 8.24. The molecule has 7 nitrogen and oxygen atoms in total. The van der Waals surface area contributed by atoms with Crippen LogP contribution >= 0.6 is 11.8 Å². The van der Waals surface area contributed by atoms with Gasteiger partial charge in [-0.3, -0.25) is 4.79 Å². The van der Waals surface area contributed by atoms with E-state index in [2.05, 4.69) is 10.1 Å². The van der Waals surface area contributed by atoms with Crippen molar-refractivity contribution in [3.63, 3.8) is 0 Å². The first-order valence-electron chi connectivity index (χ1n) is 11.1. The van der Waals surface area contributed by atoms with Crippen molar-refractivity contribution in [2.75, 3.05) is 6.61 Å². The van der Waals surface area contributed by atoms with Crippen LogP contribution in [0.4, 0.5) is 18.0 Å². The van der Waals surface area contributed by atoms with Gasteiger partial charge in [-0.15, -0.1) is 13.2 Å². The van der Waals surface area contributed by atoms with Gasteiger partial charge in [0.15, 0.2) is 6.10 Å². The van der Waals surface area contributed by atoms with Crippen molar-refractivity contribution in [1.82, 2.24) is 5.32 Å². The largest absolute Gasteiger partial charge is 0.573 e. The number of nitrogens with one attached hydrogen (secondary N) is 1. The second kappa shape index (κ2) is 11.6. The quantitative estimate of drug-likeness (QED) is 0.363. The summed E-state index contributed by atoms with van der Waals surface area (Å²) in [6.45, 7) is -0.104. The lowest BCUT2D eigenvalue weighted by molar-refractivity contribution is -0.274. The van der Waals surface area contributed by atoms with Crippen LogP contribution in [-0.2, 0) is 11.2 Å². The number of hydrogen-bond donors (Lipinski definition) is 2. The summed E-state index contributed by atoms with van der Waals surface area (Å²) < 4.78 is 52.9. The van der Waals surface area contributed by atoms with Crippen molar-refractivity contribution in [2.45, 2.75) is 30.4 Å². The van der Waals surface area contributed by atoms with Gasteiger partial charge in [0, 0.05) is 0 Å². The molecule has 1 aliphatic rings. The number of carbonyl (C=O) groups is 2. The number of rotatable bonds is 9. The Balaban J connectivity index is 1.44. The van der Waals surface area contributed by atoms with E-state index >= 15 is 0 Å². The van der Waals surface area contributed by atoms with Crippen molar-refractivity contribution in [2.24, 2.45) is 0 Å². The maximum atomic E-state index is 12.7. The van der Waals surface area contributed by atoms with Gasteiger partial charge >= 0.3 is 12.3 Å². The van der Waals surface area contributed by atoms with E-state index in [-0.39, 0.29) is 17.1 Å². The highest BCUT2D eigenvalue weighted by Crippen LogP contribution is 2.28. The molecule has 0 aromatic heterocycles. The summed E-state index contributed by atoms with van der Waals surface area (Å²) in [6.07, 6.45) is -6.19. The smallest absolute Gasteiger partial charge is 0.489 e. The van der Waals surface area contributed by atoms with Gasteiger partial charge in [-0.2, -0.15) is 0 Å². The molecule has 37 heavy (non-hydrogen) atoms. The summed E-state index contributed by atoms with van der Waals surface area (Å²) in [5, 5.41) is 11.7. The molecule has 1 saturated heterocycles. The van der Waals surface area contributed by atoms with Gasteiger partial charge in [0.05, 0.1) is 10.8 Å². The van der Waals surface area contributed by atoms with Crippen LogP contribution in [0.15, 0.2) is 78.9 Å². The van der Waals surface area contributed by atoms with Crippen molar-refractivity contribution in [3.05, 3.63) is 95.6 Å². The number of halogens is 3. The molecule has 0 saturated carbocycles. The minimum atomic E-state index is -4.82. The molecule has 1 heterocycles. The van der Waals surface area contributed by atoms with Gasteiger partial charge < -0.3 is 24.6 Å². The maximum Gasteiger partial charge on any atom is 0.573 e. The fourth-order valence-corrected chi connectivity index (χ4v) is 4.52. The van der Waals surface area contributed by atoms with Crippen molar-refractivity contribution >= 4 is 23.0 Å². The molecule has 4 rings (SSSR count). The van der Waals surface area contributed by atoms with Gasteiger partial charge in [-0.25, -0.2) is 4.79 Å². The number of hydrogen-bond acceptors (Lipinski definition) is 7. The standard InChI is InChI=1S/C26H22F3NO6S/c27-26(28,29)36-20-12-8-17(9-13-20)21(35-24(32)18-4-2-1-3-5-18)15-34-19-10-6-16(7-11-19)14-22-23(31)30-25(33)37-22/h1-13,21-23,31H,14-15H2,(H,30,33). The lowest BCUT2D eigenvalue weighted by atomic mass is 10.1. The van der Waals surface area contributed by atoms with Crippen LogP contribution in [0, 0.1) is 0 Å². The maximum absolute atomic E-state index is 12.7. The monoisotopic (exact) mass is 533 g/mol. The van der Waals surface area contributed by atoms with Crippen molar-refractivity contribution < 1.29 is 42.1 Å². The van der Waals surface area contributed by atoms with Gasteiger partial charge in [-0.05, 0) is 53.9 Å². The Morgan fingerprint density at radius 2 is 1.62 bits per heavy atom. The number of ether oxygens (including phenoxy) is 3. The Hall–Kier alpha value is -3.70. The molecule has 0 radical (unpaired) electrons. The zero-order chi connectivity index (χ0) is 26.4. The van der Waals surface area contributed by atoms with E-state index in [1.807, 2.05) is 0 Å². The Labute approximate surface area is 214 Å². The first-order valence-corrected chi connectivity index (χ1v) is 12.0. The van der Waals surface area contributed by atoms with E-state index in [1.54, 1.807) is 54.6 Å². The van der Waals surface area contributed by atoms with Crippen LogP contribution < -0.4 is 14.8 Å². The molecule has 0 bridgehead atoms. The van der Waals surface area contributed by atoms with E-state index in [1.165, 1.54) is 12.1 Å². The molecule has 1 amide bonds. The van der Waals surface area contributed by atoms with Crippen molar-refractivity contribution in [3.8, 4) is 11.5 Å². The normalized spacial score (nSPS) is 18.1. The number of carbonyl (C=O) groups excluding carboxylic acids is 2. The molecule has 3 aromatic rings. The number of benzene rings is 3. The van der Waals surface area contributed by atoms with Gasteiger partial charge in [-0.1, -0.05) is 54.2 Å². The highest BCUT2D eigenvalue weighted by molar-refractivity contribution is 8.14. The van der Waals surface area contributed by atoms with E-state index in [9.17, 15) is 27.9 Å². The fourth-order valence-electron chi connectivity index (χ4n) is 3.58. The predicted molar refractivity (Wildman–Crippen MR) is 129 cm³/mol. The summed E-state index contributed by atoms with van der Waals surface area (Å²) in [5.41, 5.74) is 1.61. The van der Waals surface area contributed by atoms with Gasteiger partial charge in [0.25, 0.3) is 5.24 Å². The third-order valence-electron chi connectivity index (χ3n) is 5.38. The molecule has 1 aliphatic heterocycles. The average molecular weight is 534 g/mol. The lowest BCUT2D eigenvalue weighted by Crippen LogP contribution is -2.31. The minimum absolute atomic E-state index is 0.104. The number of aliphatic hydroxyl groups excluding tert-OH is 1. The molecule has 11 heteroatoms. The molecule has 3 unspecified atom stereocenters. The van der Waals surface area contributed by atoms with Crippen LogP contribution in [0.25, 0.3) is 0 Å². The average Bonchev–Trinajstić information content (AvgIpc) is 3.18. The van der Waals surface area contributed by atoms with Crippen LogP contribution in [0.5, 0.6) is 11.5 Å². The summed E-state index contributed by atoms with van der Waals surface area (Å²) in [7, 11) is 0. The molecule has 0 aliphatic carbocycles. The van der Waals surface area contributed by atoms with E-state index in [0.717, 1.165) is 29.5 Å². The molecule has 3 atom stereocenters. The number of alkyl halides is 3. The van der Waals surface area contributed by atoms with Crippen LogP contribution in [-0.4, -0.2) is 40.8 Å². The number of aliphatic hydroxyl groups is 1. The van der Waals surface area contributed by atoms with E-state index < -0.39 is 30.4 Å². The Morgan fingerprint density at radius 1 is 0.973 bits per heavy atom. The number of esters is 1.